The summed E-state index contributed by atoms with van der Waals surface area (Å²) in [6, 6.07) is -0.864. The molecule has 0 aromatic carbocycles. The Hall–Kier alpha value is -1.74. The van der Waals surface area contributed by atoms with Crippen molar-refractivity contribution in [3.8, 4) is 0 Å². The quantitative estimate of drug-likeness (QED) is 0.387. The Labute approximate surface area is 114 Å². The third-order valence-electron chi connectivity index (χ3n) is 3.81. The van der Waals surface area contributed by atoms with Crippen LogP contribution in [0.2, 0.25) is 0 Å². The summed E-state index contributed by atoms with van der Waals surface area (Å²) in [4.78, 5) is 11.1. The van der Waals surface area contributed by atoms with Gasteiger partial charge in [-0.3, -0.25) is 0 Å². The molecule has 0 amide bonds. The first-order chi connectivity index (χ1) is 9.61. The van der Waals surface area contributed by atoms with Crippen molar-refractivity contribution in [1.29, 1.82) is 0 Å². The van der Waals surface area contributed by atoms with Gasteiger partial charge in [-0.05, 0) is 12.0 Å². The second-order valence-corrected chi connectivity index (χ2v) is 5.04. The number of fused-ring (bicyclic) bond motifs is 1. The van der Waals surface area contributed by atoms with Gasteiger partial charge in [0.2, 0.25) is 0 Å². The van der Waals surface area contributed by atoms with E-state index in [0.717, 1.165) is 5.56 Å². The van der Waals surface area contributed by atoms with Crippen LogP contribution >= 0.6 is 0 Å². The number of nitrogen functional groups attached to an aromatic ring is 1. The van der Waals surface area contributed by atoms with E-state index in [0.29, 0.717) is 23.3 Å². The number of rotatable bonds is 3. The molecule has 3 heterocycles. The Morgan fingerprint density at radius 3 is 2.65 bits per heavy atom. The van der Waals surface area contributed by atoms with Crippen molar-refractivity contribution in [1.82, 2.24) is 20.3 Å². The highest BCUT2D eigenvalue weighted by Crippen LogP contribution is 2.23. The minimum absolute atomic E-state index is 0.224. The Kier molecular flexibility index (Phi) is 3.30. The van der Waals surface area contributed by atoms with E-state index in [1.54, 1.807) is 6.20 Å². The van der Waals surface area contributed by atoms with Gasteiger partial charge in [0.25, 0.3) is 0 Å². The normalized spacial score (nSPS) is 30.1. The summed E-state index contributed by atoms with van der Waals surface area (Å²) in [7, 11) is 0. The van der Waals surface area contributed by atoms with Crippen molar-refractivity contribution < 1.29 is 15.3 Å². The number of anilines is 1. The number of nitrogens with zero attached hydrogens (tertiary/aromatic N) is 2. The number of aromatic amines is 1. The van der Waals surface area contributed by atoms with Gasteiger partial charge in [-0.15, -0.1) is 0 Å². The minimum atomic E-state index is -0.977. The molecule has 0 radical (unpaired) electrons. The molecule has 1 fully saturated rings. The highest BCUT2D eigenvalue weighted by Gasteiger charge is 2.40. The Balaban J connectivity index is 1.85. The van der Waals surface area contributed by atoms with Crippen LogP contribution in [-0.4, -0.2) is 61.2 Å². The molecule has 0 bridgehead atoms. The maximum atomic E-state index is 9.99. The van der Waals surface area contributed by atoms with E-state index in [9.17, 15) is 10.2 Å². The van der Waals surface area contributed by atoms with Gasteiger partial charge in [0.05, 0.1) is 30.4 Å². The highest BCUT2D eigenvalue weighted by atomic mass is 16.3. The lowest BCUT2D eigenvalue weighted by molar-refractivity contribution is 0.0197. The lowest BCUT2D eigenvalue weighted by Gasteiger charge is -2.15. The van der Waals surface area contributed by atoms with Crippen molar-refractivity contribution in [3.05, 3.63) is 18.1 Å². The third kappa shape index (κ3) is 2.02. The molecule has 8 nitrogen and oxygen atoms in total. The van der Waals surface area contributed by atoms with Crippen LogP contribution in [0.25, 0.3) is 11.0 Å². The van der Waals surface area contributed by atoms with Crippen LogP contribution in [0.15, 0.2) is 12.5 Å². The molecule has 8 heteroatoms. The number of H-pyrrole nitrogens is 1. The zero-order valence-electron chi connectivity index (χ0n) is 10.7. The summed E-state index contributed by atoms with van der Waals surface area (Å²) in [6.45, 7) is -0.224. The van der Waals surface area contributed by atoms with Crippen LogP contribution in [0, 0.1) is 0 Å². The van der Waals surface area contributed by atoms with Gasteiger partial charge >= 0.3 is 0 Å². The van der Waals surface area contributed by atoms with Gasteiger partial charge in [0, 0.05) is 12.2 Å². The van der Waals surface area contributed by atoms with Crippen LogP contribution in [0.3, 0.4) is 0 Å². The molecule has 3 rings (SSSR count). The van der Waals surface area contributed by atoms with Gasteiger partial charge < -0.3 is 31.4 Å². The Morgan fingerprint density at radius 1 is 1.20 bits per heavy atom. The van der Waals surface area contributed by atoms with Crippen LogP contribution < -0.4 is 11.1 Å². The molecule has 20 heavy (non-hydrogen) atoms. The van der Waals surface area contributed by atoms with Crippen LogP contribution in [0.5, 0.6) is 0 Å². The van der Waals surface area contributed by atoms with Crippen molar-refractivity contribution >= 4 is 16.9 Å². The van der Waals surface area contributed by atoms with Gasteiger partial charge in [0.15, 0.2) is 5.82 Å². The van der Waals surface area contributed by atoms with Crippen LogP contribution in [-0.2, 0) is 6.42 Å². The fraction of sp³-hybridized carbons (Fsp3) is 0.500. The average molecular weight is 279 g/mol. The van der Waals surface area contributed by atoms with E-state index in [4.69, 9.17) is 10.8 Å². The second kappa shape index (κ2) is 4.98. The first-order valence-corrected chi connectivity index (χ1v) is 6.41. The second-order valence-electron chi connectivity index (χ2n) is 5.04. The minimum Gasteiger partial charge on any atom is -0.395 e. The summed E-state index contributed by atoms with van der Waals surface area (Å²) < 4.78 is 0. The van der Waals surface area contributed by atoms with E-state index in [1.807, 2.05) is 0 Å². The maximum Gasteiger partial charge on any atom is 0.151 e. The fourth-order valence-electron chi connectivity index (χ4n) is 2.69. The molecular weight excluding hydrogens is 262 g/mol. The molecule has 1 saturated heterocycles. The molecule has 2 aromatic rings. The van der Waals surface area contributed by atoms with E-state index in [-0.39, 0.29) is 12.6 Å². The Bertz CT molecular complexity index is 616. The molecule has 7 N–H and O–H groups in total. The predicted octanol–water partition coefficient (Wildman–Crippen LogP) is -1.86. The number of nitrogens with one attached hydrogen (secondary N) is 2. The zero-order valence-corrected chi connectivity index (χ0v) is 10.7. The standard InChI is InChI=1S/C12H17N5O3/c13-12-9-8(15-4-16-12)5(2-14-9)1-6-10(19)11(20)7(3-18)17-6/h2,4,6-7,10-11,14,17-20H,1,3H2,(H2,13,15,16)/t6-,7+,10-,11+/m0/s1. The topological polar surface area (TPSA) is 140 Å². The van der Waals surface area contributed by atoms with Gasteiger partial charge in [-0.2, -0.15) is 0 Å². The van der Waals surface area contributed by atoms with Crippen molar-refractivity contribution in [2.45, 2.75) is 30.7 Å². The van der Waals surface area contributed by atoms with Crippen molar-refractivity contribution in [2.24, 2.45) is 0 Å². The lowest BCUT2D eigenvalue weighted by atomic mass is 10.0. The summed E-state index contributed by atoms with van der Waals surface area (Å²) in [5.41, 5.74) is 7.99. The number of aromatic nitrogens is 3. The van der Waals surface area contributed by atoms with Gasteiger partial charge in [-0.25, -0.2) is 9.97 Å². The third-order valence-corrected chi connectivity index (χ3v) is 3.81. The molecule has 108 valence electrons. The smallest absolute Gasteiger partial charge is 0.151 e. The van der Waals surface area contributed by atoms with Crippen LogP contribution in [0.4, 0.5) is 5.82 Å². The maximum absolute atomic E-state index is 9.99. The van der Waals surface area contributed by atoms with E-state index in [1.165, 1.54) is 6.33 Å². The summed E-state index contributed by atoms with van der Waals surface area (Å²) in [5, 5.41) is 31.9. The summed E-state index contributed by atoms with van der Waals surface area (Å²) >= 11 is 0. The highest BCUT2D eigenvalue weighted by molar-refractivity contribution is 5.86. The van der Waals surface area contributed by atoms with Crippen molar-refractivity contribution in [2.75, 3.05) is 12.3 Å². The first-order valence-electron chi connectivity index (χ1n) is 6.41. The fourth-order valence-corrected chi connectivity index (χ4v) is 2.69. The number of hydrogen-bond donors (Lipinski definition) is 6. The molecule has 1 aliphatic rings. The summed E-state index contributed by atoms with van der Waals surface area (Å²) in [6.07, 6.45) is 1.71. The van der Waals surface area contributed by atoms with Gasteiger partial charge in [0.1, 0.15) is 11.8 Å². The van der Waals surface area contributed by atoms with E-state index in [2.05, 4.69) is 20.3 Å². The summed E-state index contributed by atoms with van der Waals surface area (Å²) in [5.74, 6) is 0.370. The van der Waals surface area contributed by atoms with E-state index >= 15 is 0 Å². The molecule has 0 unspecified atom stereocenters. The van der Waals surface area contributed by atoms with Crippen molar-refractivity contribution in [3.63, 3.8) is 0 Å². The number of aliphatic hydroxyl groups is 3. The monoisotopic (exact) mass is 279 g/mol. The number of hydrogen-bond acceptors (Lipinski definition) is 7. The molecule has 0 saturated carbocycles. The lowest BCUT2D eigenvalue weighted by Crippen LogP contribution is -2.37. The molecule has 0 spiro atoms. The molecule has 1 aliphatic heterocycles. The largest absolute Gasteiger partial charge is 0.395 e. The van der Waals surface area contributed by atoms with Gasteiger partial charge in [-0.1, -0.05) is 0 Å². The SMILES string of the molecule is Nc1ncnc2c(C[C@@H]3N[C@H](CO)[C@@H](O)[C@H]3O)c[nH]c12. The molecule has 0 aliphatic carbocycles. The Morgan fingerprint density at radius 2 is 1.95 bits per heavy atom. The van der Waals surface area contributed by atoms with E-state index < -0.39 is 18.2 Å². The number of nitrogens with two attached hydrogens (primary N) is 1. The molecular formula is C12H17N5O3. The van der Waals surface area contributed by atoms with Crippen LogP contribution in [0.1, 0.15) is 5.56 Å². The zero-order chi connectivity index (χ0) is 14.3. The predicted molar refractivity (Wildman–Crippen MR) is 71.8 cm³/mol. The molecule has 2 aromatic heterocycles. The molecule has 4 atom stereocenters. The first kappa shape index (κ1) is 13.3. The number of aliphatic hydroxyl groups excluding tert-OH is 3. The average Bonchev–Trinajstić information content (AvgIpc) is 2.97.